The molecule has 0 saturated heterocycles. The first-order valence-corrected chi connectivity index (χ1v) is 6.86. The van der Waals surface area contributed by atoms with Gasteiger partial charge in [0, 0.05) is 31.6 Å². The Labute approximate surface area is 127 Å². The number of ether oxygens (including phenoxy) is 2. The van der Waals surface area contributed by atoms with Gasteiger partial charge in [-0.3, -0.25) is 4.79 Å². The predicted octanol–water partition coefficient (Wildman–Crippen LogP) is 1.25. The van der Waals surface area contributed by atoms with Crippen LogP contribution < -0.4 is 10.1 Å². The van der Waals surface area contributed by atoms with E-state index in [1.54, 1.807) is 18.2 Å². The molecule has 21 heavy (non-hydrogen) atoms. The molecule has 1 aliphatic rings. The van der Waals surface area contributed by atoms with E-state index in [2.05, 4.69) is 5.32 Å². The van der Waals surface area contributed by atoms with Crippen molar-refractivity contribution in [1.82, 2.24) is 5.32 Å². The summed E-state index contributed by atoms with van der Waals surface area (Å²) in [7, 11) is 1.47. The maximum atomic E-state index is 12.1. The number of amides is 1. The number of carboxylic acid groups (broad SMARTS) is 1. The molecule has 2 atom stereocenters. The molecular formula is C14H16ClNO5. The maximum absolute atomic E-state index is 12.1. The van der Waals surface area contributed by atoms with E-state index in [0.717, 1.165) is 5.56 Å². The van der Waals surface area contributed by atoms with Crippen molar-refractivity contribution in [3.63, 3.8) is 0 Å². The first-order valence-electron chi connectivity index (χ1n) is 6.48. The van der Waals surface area contributed by atoms with Gasteiger partial charge in [0.15, 0.2) is 6.10 Å². The average Bonchev–Trinajstić information content (AvgIpc) is 2.85. The number of nitrogens with one attached hydrogen (secondary N) is 1. The standard InChI is InChI=1S/C14H16ClNO5/c1-20-5-4-10(14(18)19)16-13(17)12-7-8-6-9(15)2-3-11(8)21-12/h2-3,6,10,12H,4-5,7H2,1H3,(H,16,17)(H,18,19)/t10-,12+/m1/s1. The van der Waals surface area contributed by atoms with Gasteiger partial charge in [-0.2, -0.15) is 0 Å². The second-order valence-electron chi connectivity index (χ2n) is 4.74. The van der Waals surface area contributed by atoms with E-state index < -0.39 is 24.0 Å². The van der Waals surface area contributed by atoms with Crippen LogP contribution >= 0.6 is 11.6 Å². The predicted molar refractivity (Wildman–Crippen MR) is 75.6 cm³/mol. The Bertz CT molecular complexity index is 548. The monoisotopic (exact) mass is 313 g/mol. The number of carbonyl (C=O) groups excluding carboxylic acids is 1. The van der Waals surface area contributed by atoms with Crippen LogP contribution in [0.25, 0.3) is 0 Å². The van der Waals surface area contributed by atoms with Crippen LogP contribution in [0, 0.1) is 0 Å². The summed E-state index contributed by atoms with van der Waals surface area (Å²) in [6.45, 7) is 0.249. The molecule has 0 saturated carbocycles. The largest absolute Gasteiger partial charge is 0.480 e. The number of hydrogen-bond acceptors (Lipinski definition) is 4. The summed E-state index contributed by atoms with van der Waals surface area (Å²) in [6.07, 6.45) is -0.163. The lowest BCUT2D eigenvalue weighted by atomic mass is 10.1. The fraction of sp³-hybridized carbons (Fsp3) is 0.429. The summed E-state index contributed by atoms with van der Waals surface area (Å²) >= 11 is 5.89. The minimum absolute atomic E-state index is 0.197. The van der Waals surface area contributed by atoms with E-state index in [1.807, 2.05) is 0 Å². The molecule has 1 amide bonds. The lowest BCUT2D eigenvalue weighted by Gasteiger charge is -2.17. The molecule has 0 radical (unpaired) electrons. The van der Waals surface area contributed by atoms with Crippen LogP contribution in [0.2, 0.25) is 5.02 Å². The zero-order chi connectivity index (χ0) is 15.4. The number of aliphatic carboxylic acids is 1. The number of methoxy groups -OCH3 is 1. The van der Waals surface area contributed by atoms with Crippen molar-refractivity contribution in [3.8, 4) is 5.75 Å². The van der Waals surface area contributed by atoms with E-state index in [9.17, 15) is 9.59 Å². The lowest BCUT2D eigenvalue weighted by Crippen LogP contribution is -2.47. The van der Waals surface area contributed by atoms with Crippen LogP contribution in [0.1, 0.15) is 12.0 Å². The van der Waals surface area contributed by atoms with E-state index >= 15 is 0 Å². The number of carbonyl (C=O) groups is 2. The summed E-state index contributed by atoms with van der Waals surface area (Å²) in [5.41, 5.74) is 0.839. The van der Waals surface area contributed by atoms with Gasteiger partial charge < -0.3 is 19.9 Å². The second kappa shape index (κ2) is 6.78. The summed E-state index contributed by atoms with van der Waals surface area (Å²) in [5.74, 6) is -0.951. The molecular weight excluding hydrogens is 298 g/mol. The van der Waals surface area contributed by atoms with Gasteiger partial charge >= 0.3 is 5.97 Å². The molecule has 1 aromatic carbocycles. The molecule has 1 aliphatic heterocycles. The fourth-order valence-corrected chi connectivity index (χ4v) is 2.32. The smallest absolute Gasteiger partial charge is 0.326 e. The maximum Gasteiger partial charge on any atom is 0.326 e. The highest BCUT2D eigenvalue weighted by atomic mass is 35.5. The number of fused-ring (bicyclic) bond motifs is 1. The van der Waals surface area contributed by atoms with E-state index in [4.69, 9.17) is 26.2 Å². The molecule has 2 N–H and O–H groups in total. The Morgan fingerprint density at radius 2 is 2.33 bits per heavy atom. The normalized spacial score (nSPS) is 17.7. The van der Waals surface area contributed by atoms with Crippen molar-refractivity contribution in [1.29, 1.82) is 0 Å². The Balaban J connectivity index is 1.97. The third-order valence-corrected chi connectivity index (χ3v) is 3.45. The summed E-state index contributed by atoms with van der Waals surface area (Å²) in [5, 5.41) is 12.1. The molecule has 2 rings (SSSR count). The number of hydrogen-bond donors (Lipinski definition) is 2. The molecule has 6 nitrogen and oxygen atoms in total. The lowest BCUT2D eigenvalue weighted by molar-refractivity contribution is -0.143. The van der Waals surface area contributed by atoms with Gasteiger partial charge in [0.2, 0.25) is 0 Å². The Hall–Kier alpha value is -1.79. The van der Waals surface area contributed by atoms with Gasteiger partial charge in [-0.25, -0.2) is 4.79 Å². The molecule has 1 heterocycles. The summed E-state index contributed by atoms with van der Waals surface area (Å²) in [4.78, 5) is 23.2. The molecule has 1 aromatic rings. The van der Waals surface area contributed by atoms with Gasteiger partial charge in [0.05, 0.1) is 0 Å². The molecule has 0 aromatic heterocycles. The van der Waals surface area contributed by atoms with Crippen molar-refractivity contribution < 1.29 is 24.2 Å². The van der Waals surface area contributed by atoms with Crippen LogP contribution in [0.4, 0.5) is 0 Å². The van der Waals surface area contributed by atoms with Crippen LogP contribution in [-0.4, -0.2) is 42.8 Å². The van der Waals surface area contributed by atoms with Gasteiger partial charge in [-0.1, -0.05) is 11.6 Å². The fourth-order valence-electron chi connectivity index (χ4n) is 2.12. The zero-order valence-corrected chi connectivity index (χ0v) is 12.2. The SMILES string of the molecule is COCC[C@@H](NC(=O)[C@@H]1Cc2cc(Cl)ccc2O1)C(=O)O. The van der Waals surface area contributed by atoms with Crippen molar-refractivity contribution in [2.24, 2.45) is 0 Å². The van der Waals surface area contributed by atoms with E-state index in [-0.39, 0.29) is 13.0 Å². The highest BCUT2D eigenvalue weighted by Gasteiger charge is 2.31. The molecule has 7 heteroatoms. The van der Waals surface area contributed by atoms with Gasteiger partial charge in [0.1, 0.15) is 11.8 Å². The first kappa shape index (κ1) is 15.6. The highest BCUT2D eigenvalue weighted by Crippen LogP contribution is 2.31. The van der Waals surface area contributed by atoms with Crippen LogP contribution in [0.15, 0.2) is 18.2 Å². The molecule has 114 valence electrons. The van der Waals surface area contributed by atoms with Crippen LogP contribution in [0.3, 0.4) is 0 Å². The van der Waals surface area contributed by atoms with Gasteiger partial charge in [-0.15, -0.1) is 0 Å². The van der Waals surface area contributed by atoms with Gasteiger partial charge in [0.25, 0.3) is 5.91 Å². The van der Waals surface area contributed by atoms with Gasteiger partial charge in [-0.05, 0) is 23.8 Å². The zero-order valence-electron chi connectivity index (χ0n) is 11.5. The molecule has 0 unspecified atom stereocenters. The minimum Gasteiger partial charge on any atom is -0.480 e. The second-order valence-corrected chi connectivity index (χ2v) is 5.18. The number of rotatable bonds is 6. The van der Waals surface area contributed by atoms with Crippen LogP contribution in [-0.2, 0) is 20.7 Å². The Morgan fingerprint density at radius 3 is 3.00 bits per heavy atom. The average molecular weight is 314 g/mol. The van der Waals surface area contributed by atoms with Crippen molar-refractivity contribution in [2.75, 3.05) is 13.7 Å². The first-order chi connectivity index (χ1) is 10.0. The highest BCUT2D eigenvalue weighted by molar-refractivity contribution is 6.30. The molecule has 0 spiro atoms. The Kier molecular flexibility index (Phi) is 5.03. The number of carboxylic acids is 1. The quantitative estimate of drug-likeness (QED) is 0.825. The topological polar surface area (TPSA) is 84.9 Å². The van der Waals surface area contributed by atoms with Crippen molar-refractivity contribution in [3.05, 3.63) is 28.8 Å². The van der Waals surface area contributed by atoms with E-state index in [0.29, 0.717) is 17.2 Å². The number of halogens is 1. The van der Waals surface area contributed by atoms with Crippen molar-refractivity contribution in [2.45, 2.75) is 25.0 Å². The molecule has 0 fully saturated rings. The summed E-state index contributed by atoms with van der Waals surface area (Å²) < 4.78 is 10.3. The molecule has 0 aliphatic carbocycles. The van der Waals surface area contributed by atoms with E-state index in [1.165, 1.54) is 7.11 Å². The third-order valence-electron chi connectivity index (χ3n) is 3.21. The Morgan fingerprint density at radius 1 is 1.57 bits per heavy atom. The minimum atomic E-state index is -1.10. The number of benzene rings is 1. The van der Waals surface area contributed by atoms with Crippen LogP contribution in [0.5, 0.6) is 5.75 Å². The molecule has 0 bridgehead atoms. The van der Waals surface area contributed by atoms with Crippen molar-refractivity contribution >= 4 is 23.5 Å². The third kappa shape index (κ3) is 3.86. The summed E-state index contributed by atoms with van der Waals surface area (Å²) in [6, 6.07) is 4.13.